The summed E-state index contributed by atoms with van der Waals surface area (Å²) in [5, 5.41) is 15.1. The van der Waals surface area contributed by atoms with Gasteiger partial charge in [0.1, 0.15) is 6.04 Å². The van der Waals surface area contributed by atoms with Gasteiger partial charge < -0.3 is 34.9 Å². The van der Waals surface area contributed by atoms with Crippen molar-refractivity contribution in [2.75, 3.05) is 27.2 Å². The molecule has 0 spiro atoms. The van der Waals surface area contributed by atoms with Gasteiger partial charge in [0.05, 0.1) is 25.9 Å². The number of hydrogen-bond donors (Lipinski definition) is 3. The fourth-order valence-electron chi connectivity index (χ4n) is 6.20. The van der Waals surface area contributed by atoms with Crippen molar-refractivity contribution in [2.45, 2.75) is 51.0 Å². The molecule has 50 heavy (non-hydrogen) atoms. The van der Waals surface area contributed by atoms with Gasteiger partial charge in [-0.3, -0.25) is 0 Å². The molecular formula is C41H47N3O6. The molecule has 4 aromatic carbocycles. The van der Waals surface area contributed by atoms with E-state index in [4.69, 9.17) is 14.2 Å². The predicted molar refractivity (Wildman–Crippen MR) is 194 cm³/mol. The number of nitrogens with one attached hydrogen (secondary N) is 2. The number of carbonyl (C=O) groups excluding carboxylic acids is 2. The normalized spacial score (nSPS) is 19.4. The summed E-state index contributed by atoms with van der Waals surface area (Å²) in [6, 6.07) is 32.3. The van der Waals surface area contributed by atoms with Crippen LogP contribution in [-0.4, -0.2) is 61.4 Å². The number of amides is 2. The number of hydrogen-bond acceptors (Lipinski definition) is 7. The van der Waals surface area contributed by atoms with Crippen LogP contribution in [0.5, 0.6) is 0 Å². The summed E-state index contributed by atoms with van der Waals surface area (Å²) in [5.74, 6) is -0.415. The molecule has 5 rings (SSSR count). The first kappa shape index (κ1) is 36.5. The number of ether oxygens (including phenoxy) is 3. The Morgan fingerprint density at radius 3 is 2.28 bits per heavy atom. The van der Waals surface area contributed by atoms with Crippen LogP contribution in [0.3, 0.4) is 0 Å². The summed E-state index contributed by atoms with van der Waals surface area (Å²) in [4.78, 5) is 27.3. The molecule has 2 amide bonds. The molecule has 1 aliphatic heterocycles. The number of rotatable bonds is 14. The number of likely N-dealkylation sites (N-methyl/N-ethyl adjacent to an activating group) is 1. The zero-order valence-corrected chi connectivity index (χ0v) is 29.0. The highest BCUT2D eigenvalue weighted by atomic mass is 16.7. The molecule has 1 aliphatic rings. The number of carbonyl (C=O) groups is 2. The first-order valence-corrected chi connectivity index (χ1v) is 16.9. The number of urea groups is 1. The van der Waals surface area contributed by atoms with Crippen LogP contribution >= 0.6 is 0 Å². The third kappa shape index (κ3) is 9.67. The summed E-state index contributed by atoms with van der Waals surface area (Å²) >= 11 is 0. The minimum absolute atomic E-state index is 0.00414. The highest BCUT2D eigenvalue weighted by Crippen LogP contribution is 2.42. The lowest BCUT2D eigenvalue weighted by Crippen LogP contribution is -2.47. The fourth-order valence-corrected chi connectivity index (χ4v) is 6.20. The Morgan fingerprint density at radius 2 is 1.60 bits per heavy atom. The Bertz CT molecular complexity index is 1700. The van der Waals surface area contributed by atoms with Gasteiger partial charge in [0.15, 0.2) is 6.29 Å². The lowest BCUT2D eigenvalue weighted by atomic mass is 9.90. The molecule has 3 N–H and O–H groups in total. The highest BCUT2D eigenvalue weighted by Gasteiger charge is 2.38. The molecule has 1 saturated heterocycles. The topological polar surface area (TPSA) is 109 Å². The fraction of sp³-hybridized carbons (Fsp3) is 0.317. The van der Waals surface area contributed by atoms with Crippen LogP contribution in [0.1, 0.15) is 47.1 Å². The van der Waals surface area contributed by atoms with Crippen LogP contribution < -0.4 is 10.6 Å². The number of aliphatic hydroxyl groups is 1. The van der Waals surface area contributed by atoms with Crippen LogP contribution in [0, 0.1) is 5.92 Å². The summed E-state index contributed by atoms with van der Waals surface area (Å²) in [5.41, 5.74) is 6.66. The van der Waals surface area contributed by atoms with Crippen molar-refractivity contribution in [1.29, 1.82) is 0 Å². The zero-order valence-electron chi connectivity index (χ0n) is 29.0. The van der Waals surface area contributed by atoms with Gasteiger partial charge >= 0.3 is 12.0 Å². The van der Waals surface area contributed by atoms with Crippen molar-refractivity contribution in [2.24, 2.45) is 5.92 Å². The van der Waals surface area contributed by atoms with Crippen molar-refractivity contribution in [3.05, 3.63) is 144 Å². The van der Waals surface area contributed by atoms with Gasteiger partial charge in [-0.05, 0) is 46.5 Å². The van der Waals surface area contributed by atoms with Crippen LogP contribution in [0.2, 0.25) is 0 Å². The van der Waals surface area contributed by atoms with E-state index < -0.39 is 24.3 Å². The molecular weight excluding hydrogens is 630 g/mol. The number of esters is 1. The average molecular weight is 678 g/mol. The van der Waals surface area contributed by atoms with Crippen LogP contribution in [0.4, 0.5) is 4.79 Å². The van der Waals surface area contributed by atoms with E-state index in [0.717, 1.165) is 52.0 Å². The summed E-state index contributed by atoms with van der Waals surface area (Å²) in [6.45, 7) is 7.79. The molecule has 0 unspecified atom stereocenters. The lowest BCUT2D eigenvalue weighted by molar-refractivity contribution is -0.275. The summed E-state index contributed by atoms with van der Waals surface area (Å²) < 4.78 is 18.1. The SMILES string of the molecule is C=CCN(C)C[C@@H]1O[C@H](c2ccc(-c3cccc(CNC(=O)N[C@@H](Cc4ccccc4)C(=O)OC)c3)cc2)O[C@H](c2ccc(CO)cc2)[C@@H]1C. The molecule has 0 saturated carbocycles. The van der Waals surface area contributed by atoms with Crippen LogP contribution in [-0.2, 0) is 38.6 Å². The van der Waals surface area contributed by atoms with Gasteiger partial charge in [0, 0.05) is 37.5 Å². The Balaban J connectivity index is 1.25. The molecule has 9 heteroatoms. The van der Waals surface area contributed by atoms with Gasteiger partial charge in [-0.15, -0.1) is 6.58 Å². The molecule has 0 radical (unpaired) electrons. The second kappa shape index (κ2) is 17.7. The van der Waals surface area contributed by atoms with E-state index >= 15 is 0 Å². The maximum Gasteiger partial charge on any atom is 0.328 e. The maximum absolute atomic E-state index is 12.8. The second-order valence-corrected chi connectivity index (χ2v) is 12.7. The number of nitrogens with zero attached hydrogens (tertiary/aromatic N) is 1. The molecule has 1 heterocycles. The third-order valence-electron chi connectivity index (χ3n) is 9.03. The zero-order chi connectivity index (χ0) is 35.5. The van der Waals surface area contributed by atoms with E-state index in [2.05, 4.69) is 36.1 Å². The van der Waals surface area contributed by atoms with Gasteiger partial charge in [-0.1, -0.05) is 110 Å². The van der Waals surface area contributed by atoms with E-state index in [1.165, 1.54) is 7.11 Å². The second-order valence-electron chi connectivity index (χ2n) is 12.7. The van der Waals surface area contributed by atoms with Crippen molar-refractivity contribution in [1.82, 2.24) is 15.5 Å². The largest absolute Gasteiger partial charge is 0.467 e. The smallest absolute Gasteiger partial charge is 0.328 e. The summed E-state index contributed by atoms with van der Waals surface area (Å²) in [7, 11) is 3.37. The van der Waals surface area contributed by atoms with Gasteiger partial charge in [0.25, 0.3) is 0 Å². The van der Waals surface area contributed by atoms with E-state index in [1.807, 2.05) is 109 Å². The first-order valence-electron chi connectivity index (χ1n) is 16.9. The average Bonchev–Trinajstić information content (AvgIpc) is 3.15. The molecule has 9 nitrogen and oxygen atoms in total. The highest BCUT2D eigenvalue weighted by molar-refractivity contribution is 5.83. The van der Waals surface area contributed by atoms with E-state index in [0.29, 0.717) is 6.42 Å². The molecule has 0 aliphatic carbocycles. The van der Waals surface area contributed by atoms with Crippen molar-refractivity contribution < 1.29 is 28.9 Å². The van der Waals surface area contributed by atoms with Crippen molar-refractivity contribution in [3.8, 4) is 11.1 Å². The van der Waals surface area contributed by atoms with E-state index in [-0.39, 0.29) is 31.3 Å². The minimum atomic E-state index is -0.807. The Labute approximate surface area is 294 Å². The number of aliphatic hydroxyl groups excluding tert-OH is 1. The van der Waals surface area contributed by atoms with E-state index in [9.17, 15) is 14.7 Å². The number of benzene rings is 4. The molecule has 0 aromatic heterocycles. The molecule has 5 atom stereocenters. The van der Waals surface area contributed by atoms with Gasteiger partial charge in [-0.2, -0.15) is 0 Å². The molecule has 0 bridgehead atoms. The van der Waals surface area contributed by atoms with Crippen molar-refractivity contribution >= 4 is 12.0 Å². The van der Waals surface area contributed by atoms with E-state index in [1.54, 1.807) is 0 Å². The predicted octanol–water partition coefficient (Wildman–Crippen LogP) is 6.34. The molecule has 4 aromatic rings. The van der Waals surface area contributed by atoms with Crippen molar-refractivity contribution in [3.63, 3.8) is 0 Å². The Hall–Kier alpha value is -4.80. The van der Waals surface area contributed by atoms with Crippen LogP contribution in [0.25, 0.3) is 11.1 Å². The standard InChI is InChI=1S/C41H47N3O6/c1-5-22-44(3)26-37-28(2)38(33-16-14-30(27-45)15-17-33)50-40(49-37)34-20-18-32(19-21-34)35-13-9-12-31(23-35)25-42-41(47)43-36(39(46)48-4)24-29-10-7-6-8-11-29/h5-21,23,28,36-38,40,45H,1,22,24-27H2,2-4H3,(H2,42,43,47)/t28-,36+,37+,38+,40+/m1/s1. The quantitative estimate of drug-likeness (QED) is 0.106. The third-order valence-corrected chi connectivity index (χ3v) is 9.03. The maximum atomic E-state index is 12.8. The number of methoxy groups -OCH3 is 1. The minimum Gasteiger partial charge on any atom is -0.467 e. The molecule has 262 valence electrons. The lowest BCUT2D eigenvalue weighted by Gasteiger charge is -2.42. The Kier molecular flexibility index (Phi) is 12.9. The van der Waals surface area contributed by atoms with Crippen LogP contribution in [0.15, 0.2) is 116 Å². The summed E-state index contributed by atoms with van der Waals surface area (Å²) in [6.07, 6.45) is 1.39. The monoisotopic (exact) mass is 677 g/mol. The molecule has 1 fully saturated rings. The Morgan fingerprint density at radius 1 is 0.900 bits per heavy atom. The van der Waals surface area contributed by atoms with Gasteiger partial charge in [0.2, 0.25) is 0 Å². The first-order chi connectivity index (χ1) is 24.3. The van der Waals surface area contributed by atoms with Gasteiger partial charge in [-0.25, -0.2) is 9.59 Å².